The van der Waals surface area contributed by atoms with Crippen LogP contribution in [-0.2, 0) is 0 Å². The van der Waals surface area contributed by atoms with Gasteiger partial charge in [0, 0.05) is 25.1 Å². The fraction of sp³-hybridized carbons (Fsp3) is 0.733. The van der Waals surface area contributed by atoms with Crippen LogP contribution in [0.3, 0.4) is 0 Å². The van der Waals surface area contributed by atoms with Gasteiger partial charge in [-0.1, -0.05) is 27.2 Å². The summed E-state index contributed by atoms with van der Waals surface area (Å²) < 4.78 is 0. The molecule has 0 spiro atoms. The third kappa shape index (κ3) is 2.99. The Kier molecular flexibility index (Phi) is 3.97. The zero-order chi connectivity index (χ0) is 14.0. The fourth-order valence-corrected chi connectivity index (χ4v) is 2.46. The van der Waals surface area contributed by atoms with Gasteiger partial charge in [-0.15, -0.1) is 0 Å². The first-order valence-electron chi connectivity index (χ1n) is 7.25. The molecule has 4 nitrogen and oxygen atoms in total. The molecule has 2 rings (SSSR count). The van der Waals surface area contributed by atoms with E-state index in [1.807, 2.05) is 7.05 Å². The number of rotatable bonds is 5. The SMILES string of the molecule is CNc1nc(C(C)C)nc(NCC2(C)CCC2)c1C. The van der Waals surface area contributed by atoms with Crippen LogP contribution in [0.1, 0.15) is 57.3 Å². The van der Waals surface area contributed by atoms with Crippen molar-refractivity contribution in [3.05, 3.63) is 11.4 Å². The largest absolute Gasteiger partial charge is 0.373 e. The van der Waals surface area contributed by atoms with Crippen LogP contribution in [0.4, 0.5) is 11.6 Å². The summed E-state index contributed by atoms with van der Waals surface area (Å²) in [6, 6.07) is 0. The van der Waals surface area contributed by atoms with E-state index in [9.17, 15) is 0 Å². The summed E-state index contributed by atoms with van der Waals surface area (Å²) in [7, 11) is 1.91. The van der Waals surface area contributed by atoms with Crippen molar-refractivity contribution in [2.45, 2.75) is 52.9 Å². The molecule has 0 aliphatic heterocycles. The maximum Gasteiger partial charge on any atom is 0.135 e. The molecular weight excluding hydrogens is 236 g/mol. The lowest BCUT2D eigenvalue weighted by atomic mass is 9.70. The topological polar surface area (TPSA) is 49.8 Å². The first-order valence-corrected chi connectivity index (χ1v) is 7.25. The van der Waals surface area contributed by atoms with Crippen molar-refractivity contribution in [3.8, 4) is 0 Å². The predicted molar refractivity (Wildman–Crippen MR) is 80.9 cm³/mol. The second kappa shape index (κ2) is 5.35. The van der Waals surface area contributed by atoms with Gasteiger partial charge in [-0.05, 0) is 25.2 Å². The predicted octanol–water partition coefficient (Wildman–Crippen LogP) is 3.55. The second-order valence-electron chi connectivity index (χ2n) is 6.33. The van der Waals surface area contributed by atoms with E-state index in [0.29, 0.717) is 11.3 Å². The molecule has 2 N–H and O–H groups in total. The Balaban J connectivity index is 2.20. The molecule has 1 fully saturated rings. The molecule has 19 heavy (non-hydrogen) atoms. The highest BCUT2D eigenvalue weighted by Crippen LogP contribution is 2.40. The van der Waals surface area contributed by atoms with E-state index in [4.69, 9.17) is 0 Å². The molecule has 0 amide bonds. The molecule has 0 atom stereocenters. The molecule has 0 unspecified atom stereocenters. The Morgan fingerprint density at radius 3 is 2.32 bits per heavy atom. The van der Waals surface area contributed by atoms with Gasteiger partial charge in [0.2, 0.25) is 0 Å². The van der Waals surface area contributed by atoms with E-state index in [1.165, 1.54) is 19.3 Å². The van der Waals surface area contributed by atoms with E-state index in [0.717, 1.165) is 29.6 Å². The van der Waals surface area contributed by atoms with Gasteiger partial charge >= 0.3 is 0 Å². The summed E-state index contributed by atoms with van der Waals surface area (Å²) in [6.07, 6.45) is 4.00. The minimum atomic E-state index is 0.340. The Labute approximate surface area is 116 Å². The number of anilines is 2. The number of aromatic nitrogens is 2. The minimum absolute atomic E-state index is 0.340. The van der Waals surface area contributed by atoms with Gasteiger partial charge in [0.15, 0.2) is 0 Å². The van der Waals surface area contributed by atoms with Gasteiger partial charge in [0.1, 0.15) is 17.5 Å². The van der Waals surface area contributed by atoms with E-state index in [-0.39, 0.29) is 0 Å². The first kappa shape index (κ1) is 14.1. The molecule has 1 aromatic rings. The van der Waals surface area contributed by atoms with Crippen LogP contribution in [0.25, 0.3) is 0 Å². The third-order valence-corrected chi connectivity index (χ3v) is 4.16. The van der Waals surface area contributed by atoms with Crippen molar-refractivity contribution in [2.75, 3.05) is 24.2 Å². The average molecular weight is 262 g/mol. The maximum atomic E-state index is 4.68. The maximum absolute atomic E-state index is 4.68. The van der Waals surface area contributed by atoms with Crippen LogP contribution in [0, 0.1) is 12.3 Å². The summed E-state index contributed by atoms with van der Waals surface area (Å²) in [5.74, 6) is 3.15. The number of hydrogen-bond donors (Lipinski definition) is 2. The highest BCUT2D eigenvalue weighted by Gasteiger charge is 2.31. The monoisotopic (exact) mass is 262 g/mol. The van der Waals surface area contributed by atoms with Crippen molar-refractivity contribution < 1.29 is 0 Å². The van der Waals surface area contributed by atoms with Crippen molar-refractivity contribution in [2.24, 2.45) is 5.41 Å². The van der Waals surface area contributed by atoms with Gasteiger partial charge in [0.25, 0.3) is 0 Å². The lowest BCUT2D eigenvalue weighted by Crippen LogP contribution is -2.33. The molecule has 0 saturated heterocycles. The average Bonchev–Trinajstić information content (AvgIpc) is 2.35. The minimum Gasteiger partial charge on any atom is -0.373 e. The Morgan fingerprint density at radius 2 is 1.84 bits per heavy atom. The van der Waals surface area contributed by atoms with Gasteiger partial charge < -0.3 is 10.6 Å². The standard InChI is InChI=1S/C15H26N4/c1-10(2)12-18-13(16-5)11(3)14(19-12)17-9-15(4)7-6-8-15/h10H,6-9H2,1-5H3,(H2,16,17,18,19). The van der Waals surface area contributed by atoms with Gasteiger partial charge in [-0.2, -0.15) is 0 Å². The van der Waals surface area contributed by atoms with Crippen LogP contribution in [-0.4, -0.2) is 23.6 Å². The van der Waals surface area contributed by atoms with Gasteiger partial charge in [0.05, 0.1) is 0 Å². The van der Waals surface area contributed by atoms with E-state index < -0.39 is 0 Å². The lowest BCUT2D eigenvalue weighted by Gasteiger charge is -2.38. The highest BCUT2D eigenvalue weighted by molar-refractivity contribution is 5.57. The van der Waals surface area contributed by atoms with Crippen LogP contribution >= 0.6 is 0 Å². The third-order valence-electron chi connectivity index (χ3n) is 4.16. The fourth-order valence-electron chi connectivity index (χ4n) is 2.46. The molecule has 0 aromatic carbocycles. The molecular formula is C15H26N4. The smallest absolute Gasteiger partial charge is 0.135 e. The molecule has 0 radical (unpaired) electrons. The number of nitrogens with one attached hydrogen (secondary N) is 2. The zero-order valence-electron chi connectivity index (χ0n) is 12.8. The van der Waals surface area contributed by atoms with Crippen molar-refractivity contribution in [1.29, 1.82) is 0 Å². The van der Waals surface area contributed by atoms with Gasteiger partial charge in [-0.3, -0.25) is 0 Å². The summed E-state index contributed by atoms with van der Waals surface area (Å²) >= 11 is 0. The number of nitrogens with zero attached hydrogens (tertiary/aromatic N) is 2. The normalized spacial score (nSPS) is 17.2. The summed E-state index contributed by atoms with van der Waals surface area (Å²) in [6.45, 7) is 9.68. The van der Waals surface area contributed by atoms with Crippen LogP contribution in [0.5, 0.6) is 0 Å². The quantitative estimate of drug-likeness (QED) is 0.852. The molecule has 4 heteroatoms. The second-order valence-corrected chi connectivity index (χ2v) is 6.33. The van der Waals surface area contributed by atoms with E-state index in [1.54, 1.807) is 0 Å². The van der Waals surface area contributed by atoms with Crippen molar-refractivity contribution in [1.82, 2.24) is 9.97 Å². The number of hydrogen-bond acceptors (Lipinski definition) is 4. The molecule has 0 bridgehead atoms. The molecule has 1 saturated carbocycles. The Bertz CT molecular complexity index is 450. The van der Waals surface area contributed by atoms with E-state index in [2.05, 4.69) is 48.3 Å². The van der Waals surface area contributed by atoms with Crippen LogP contribution in [0.15, 0.2) is 0 Å². The van der Waals surface area contributed by atoms with Crippen molar-refractivity contribution in [3.63, 3.8) is 0 Å². The highest BCUT2D eigenvalue weighted by atomic mass is 15.1. The first-order chi connectivity index (χ1) is 8.95. The van der Waals surface area contributed by atoms with E-state index >= 15 is 0 Å². The summed E-state index contributed by atoms with van der Waals surface area (Å²) in [5.41, 5.74) is 1.56. The molecule has 106 valence electrons. The van der Waals surface area contributed by atoms with Crippen LogP contribution in [0.2, 0.25) is 0 Å². The molecule has 1 aromatic heterocycles. The summed E-state index contributed by atoms with van der Waals surface area (Å²) in [4.78, 5) is 9.25. The Morgan fingerprint density at radius 1 is 1.21 bits per heavy atom. The summed E-state index contributed by atoms with van der Waals surface area (Å²) in [5, 5.41) is 6.70. The molecule has 1 aliphatic rings. The van der Waals surface area contributed by atoms with Crippen LogP contribution < -0.4 is 10.6 Å². The van der Waals surface area contributed by atoms with Crippen molar-refractivity contribution >= 4 is 11.6 Å². The van der Waals surface area contributed by atoms with Gasteiger partial charge in [-0.25, -0.2) is 9.97 Å². The molecule has 1 aliphatic carbocycles. The zero-order valence-corrected chi connectivity index (χ0v) is 12.8. The molecule has 1 heterocycles. The Hall–Kier alpha value is -1.32. The lowest BCUT2D eigenvalue weighted by molar-refractivity contribution is 0.179.